The molecule has 3 N–H and O–H groups in total. The van der Waals surface area contributed by atoms with Gasteiger partial charge in [-0.05, 0) is 49.9 Å². The van der Waals surface area contributed by atoms with E-state index in [0.29, 0.717) is 6.04 Å². The number of carboxylic acids is 2. The molecule has 0 bridgehead atoms. The van der Waals surface area contributed by atoms with Gasteiger partial charge in [0.25, 0.3) is 0 Å². The minimum atomic E-state index is -1.82. The zero-order valence-electron chi connectivity index (χ0n) is 12.6. The average molecular weight is 293 g/mol. The van der Waals surface area contributed by atoms with Crippen LogP contribution < -0.4 is 5.32 Å². The Kier molecular flexibility index (Phi) is 6.88. The topological polar surface area (TPSA) is 86.6 Å². The van der Waals surface area contributed by atoms with Crippen LogP contribution in [0.3, 0.4) is 0 Å². The number of carboxylic acid groups (broad SMARTS) is 2. The van der Waals surface area contributed by atoms with E-state index in [1.54, 1.807) is 0 Å². The number of aryl methyl sites for hydroxylation is 2. The number of rotatable bonds is 1. The molecule has 21 heavy (non-hydrogen) atoms. The molecule has 1 atom stereocenters. The van der Waals surface area contributed by atoms with Crippen molar-refractivity contribution < 1.29 is 19.8 Å². The van der Waals surface area contributed by atoms with Crippen molar-refractivity contribution in [3.8, 4) is 0 Å². The molecule has 0 aliphatic carbocycles. The summed E-state index contributed by atoms with van der Waals surface area (Å²) >= 11 is 0. The number of hydrogen-bond acceptors (Lipinski definition) is 3. The van der Waals surface area contributed by atoms with Gasteiger partial charge in [0.05, 0.1) is 0 Å². The van der Waals surface area contributed by atoms with Gasteiger partial charge in [0.15, 0.2) is 0 Å². The highest BCUT2D eigenvalue weighted by atomic mass is 16.4. The molecule has 1 aliphatic heterocycles. The van der Waals surface area contributed by atoms with Gasteiger partial charge in [0, 0.05) is 6.04 Å². The van der Waals surface area contributed by atoms with Crippen LogP contribution in [0.2, 0.25) is 0 Å². The van der Waals surface area contributed by atoms with Crippen LogP contribution in [0.25, 0.3) is 0 Å². The lowest BCUT2D eigenvalue weighted by Crippen LogP contribution is -2.20. The van der Waals surface area contributed by atoms with Gasteiger partial charge < -0.3 is 15.5 Å². The van der Waals surface area contributed by atoms with Crippen molar-refractivity contribution in [2.45, 2.75) is 45.6 Å². The van der Waals surface area contributed by atoms with E-state index in [1.165, 1.54) is 48.9 Å². The van der Waals surface area contributed by atoms with Crippen molar-refractivity contribution in [3.05, 3.63) is 34.9 Å². The minimum Gasteiger partial charge on any atom is -0.473 e. The summed E-state index contributed by atoms with van der Waals surface area (Å²) in [5, 5.41) is 18.4. The molecule has 1 aromatic carbocycles. The monoisotopic (exact) mass is 293 g/mol. The maximum Gasteiger partial charge on any atom is 0.414 e. The molecule has 116 valence electrons. The van der Waals surface area contributed by atoms with E-state index in [9.17, 15) is 0 Å². The van der Waals surface area contributed by atoms with E-state index in [4.69, 9.17) is 19.8 Å². The lowest BCUT2D eigenvalue weighted by atomic mass is 9.98. The molecule has 0 amide bonds. The van der Waals surface area contributed by atoms with Crippen molar-refractivity contribution >= 4 is 11.9 Å². The highest BCUT2D eigenvalue weighted by Gasteiger charge is 2.13. The second-order valence-electron chi connectivity index (χ2n) is 5.31. The predicted octanol–water partition coefficient (Wildman–Crippen LogP) is 2.66. The van der Waals surface area contributed by atoms with Gasteiger partial charge >= 0.3 is 11.9 Å². The van der Waals surface area contributed by atoms with Gasteiger partial charge in [-0.3, -0.25) is 0 Å². The van der Waals surface area contributed by atoms with E-state index in [1.807, 2.05) is 0 Å². The van der Waals surface area contributed by atoms with Crippen LogP contribution >= 0.6 is 0 Å². The Morgan fingerprint density at radius 2 is 1.71 bits per heavy atom. The summed E-state index contributed by atoms with van der Waals surface area (Å²) in [7, 11) is 0. The minimum absolute atomic E-state index is 0.590. The van der Waals surface area contributed by atoms with Crippen molar-refractivity contribution in [1.82, 2.24) is 5.32 Å². The average Bonchev–Trinajstić information content (AvgIpc) is 2.71. The molecule has 2 rings (SSSR count). The predicted molar refractivity (Wildman–Crippen MR) is 80.4 cm³/mol. The molecule has 1 unspecified atom stereocenters. The Balaban J connectivity index is 0.000000315. The van der Waals surface area contributed by atoms with E-state index < -0.39 is 11.9 Å². The molecule has 1 aliphatic rings. The summed E-state index contributed by atoms with van der Waals surface area (Å²) in [5.41, 5.74) is 4.28. The van der Waals surface area contributed by atoms with Crippen LogP contribution in [-0.2, 0) is 9.59 Å². The van der Waals surface area contributed by atoms with E-state index in [-0.39, 0.29) is 0 Å². The second-order valence-corrected chi connectivity index (χ2v) is 5.31. The van der Waals surface area contributed by atoms with Gasteiger partial charge in [0.1, 0.15) is 0 Å². The van der Waals surface area contributed by atoms with Gasteiger partial charge in [-0.2, -0.15) is 0 Å². The molecule has 1 fully saturated rings. The smallest absolute Gasteiger partial charge is 0.414 e. The maximum absolute atomic E-state index is 9.10. The largest absolute Gasteiger partial charge is 0.473 e. The Morgan fingerprint density at radius 1 is 1.05 bits per heavy atom. The fraction of sp³-hybridized carbons (Fsp3) is 0.500. The standard InChI is InChI=1S/C14H21N.C2H2O4/c1-11-7-8-13(10-12(11)2)14-6-4-3-5-9-15-14;3-1(4)2(5)6/h7-8,10,14-15H,3-6,9H2,1-2H3;(H,3,4)(H,5,6). The van der Waals surface area contributed by atoms with E-state index >= 15 is 0 Å². The third-order valence-electron chi connectivity index (χ3n) is 3.68. The van der Waals surface area contributed by atoms with Crippen molar-refractivity contribution in [3.63, 3.8) is 0 Å². The molecule has 5 nitrogen and oxygen atoms in total. The van der Waals surface area contributed by atoms with Crippen LogP contribution in [0, 0.1) is 13.8 Å². The third-order valence-corrected chi connectivity index (χ3v) is 3.68. The highest BCUT2D eigenvalue weighted by molar-refractivity contribution is 6.27. The number of nitrogens with one attached hydrogen (secondary N) is 1. The first-order valence-electron chi connectivity index (χ1n) is 7.18. The molecular weight excluding hydrogens is 270 g/mol. The summed E-state index contributed by atoms with van der Waals surface area (Å²) in [6.07, 6.45) is 5.38. The quantitative estimate of drug-likeness (QED) is 0.693. The molecular formula is C16H23NO4. The van der Waals surface area contributed by atoms with Crippen LogP contribution in [0.1, 0.15) is 48.4 Å². The fourth-order valence-corrected chi connectivity index (χ4v) is 2.29. The van der Waals surface area contributed by atoms with Gasteiger partial charge in [-0.15, -0.1) is 0 Å². The summed E-state index contributed by atoms with van der Waals surface area (Å²) in [6, 6.07) is 7.47. The molecule has 0 radical (unpaired) electrons. The second kappa shape index (κ2) is 8.42. The zero-order valence-corrected chi connectivity index (χ0v) is 12.6. The molecule has 5 heteroatoms. The Bertz CT molecular complexity index is 479. The van der Waals surface area contributed by atoms with E-state index in [2.05, 4.69) is 37.4 Å². The first-order chi connectivity index (χ1) is 9.91. The number of benzene rings is 1. The van der Waals surface area contributed by atoms with E-state index in [0.717, 1.165) is 0 Å². The SMILES string of the molecule is Cc1ccc(C2CCCCCN2)cc1C.O=C(O)C(=O)O. The fourth-order valence-electron chi connectivity index (χ4n) is 2.29. The Hall–Kier alpha value is -1.88. The van der Waals surface area contributed by atoms with Crippen LogP contribution in [0.4, 0.5) is 0 Å². The lowest BCUT2D eigenvalue weighted by Gasteiger charge is -2.17. The maximum atomic E-state index is 9.10. The van der Waals surface area contributed by atoms with Gasteiger partial charge in [0.2, 0.25) is 0 Å². The Morgan fingerprint density at radius 3 is 2.29 bits per heavy atom. The first kappa shape index (κ1) is 17.2. The highest BCUT2D eigenvalue weighted by Crippen LogP contribution is 2.24. The number of aliphatic carboxylic acids is 2. The van der Waals surface area contributed by atoms with Crippen LogP contribution in [-0.4, -0.2) is 28.7 Å². The molecule has 0 spiro atoms. The lowest BCUT2D eigenvalue weighted by molar-refractivity contribution is -0.159. The number of carbonyl (C=O) groups is 2. The molecule has 0 aromatic heterocycles. The molecule has 1 heterocycles. The van der Waals surface area contributed by atoms with Crippen LogP contribution in [0.5, 0.6) is 0 Å². The molecule has 0 saturated carbocycles. The molecule has 1 saturated heterocycles. The first-order valence-corrected chi connectivity index (χ1v) is 7.18. The normalized spacial score (nSPS) is 18.1. The third kappa shape index (κ3) is 5.95. The van der Waals surface area contributed by atoms with Crippen molar-refractivity contribution in [1.29, 1.82) is 0 Å². The molecule has 1 aromatic rings. The Labute approximate surface area is 125 Å². The van der Waals surface area contributed by atoms with Gasteiger partial charge in [-0.25, -0.2) is 9.59 Å². The summed E-state index contributed by atoms with van der Waals surface area (Å²) < 4.78 is 0. The van der Waals surface area contributed by atoms with Gasteiger partial charge in [-0.1, -0.05) is 31.0 Å². The van der Waals surface area contributed by atoms with Crippen molar-refractivity contribution in [2.24, 2.45) is 0 Å². The number of hydrogen-bond donors (Lipinski definition) is 3. The summed E-state index contributed by atoms with van der Waals surface area (Å²) in [6.45, 7) is 5.56. The zero-order chi connectivity index (χ0) is 15.8. The van der Waals surface area contributed by atoms with Crippen LogP contribution in [0.15, 0.2) is 18.2 Å². The summed E-state index contributed by atoms with van der Waals surface area (Å²) in [5.74, 6) is -3.65. The van der Waals surface area contributed by atoms with Crippen molar-refractivity contribution in [2.75, 3.05) is 6.54 Å². The summed E-state index contributed by atoms with van der Waals surface area (Å²) in [4.78, 5) is 18.2.